The van der Waals surface area contributed by atoms with E-state index in [0.29, 0.717) is 12.0 Å². The van der Waals surface area contributed by atoms with Crippen LogP contribution in [0.1, 0.15) is 18.4 Å². The molecule has 1 fully saturated rings. The number of halogens is 2. The Morgan fingerprint density at radius 1 is 1.42 bits per heavy atom. The molecule has 0 spiro atoms. The van der Waals surface area contributed by atoms with Crippen molar-refractivity contribution in [2.24, 2.45) is 11.8 Å². The Labute approximate surface area is 107 Å². The molecule has 106 valence electrons. The van der Waals surface area contributed by atoms with Gasteiger partial charge in [-0.15, -0.1) is 0 Å². The summed E-state index contributed by atoms with van der Waals surface area (Å²) in [4.78, 5) is 24.8. The zero-order valence-electron chi connectivity index (χ0n) is 10.5. The molecule has 5 nitrogen and oxygen atoms in total. The summed E-state index contributed by atoms with van der Waals surface area (Å²) in [5.74, 6) is -4.49. The van der Waals surface area contributed by atoms with Crippen molar-refractivity contribution in [2.45, 2.75) is 32.2 Å². The van der Waals surface area contributed by atoms with E-state index in [1.807, 2.05) is 0 Å². The van der Waals surface area contributed by atoms with Gasteiger partial charge in [0.25, 0.3) is 11.5 Å². The van der Waals surface area contributed by atoms with Crippen LogP contribution in [0.25, 0.3) is 0 Å². The van der Waals surface area contributed by atoms with Gasteiger partial charge in [-0.1, -0.05) is 0 Å². The lowest BCUT2D eigenvalue weighted by Crippen LogP contribution is -2.31. The van der Waals surface area contributed by atoms with Crippen LogP contribution < -0.4 is 11.2 Å². The predicted octanol–water partition coefficient (Wildman–Crippen LogP) is 0.499. The van der Waals surface area contributed by atoms with Gasteiger partial charge in [-0.05, 0) is 19.8 Å². The monoisotopic (exact) mass is 274 g/mol. The Bertz CT molecular complexity index is 579. The van der Waals surface area contributed by atoms with E-state index in [2.05, 4.69) is 4.98 Å². The zero-order chi connectivity index (χ0) is 14.2. The van der Waals surface area contributed by atoms with Crippen molar-refractivity contribution in [3.8, 4) is 0 Å². The van der Waals surface area contributed by atoms with Crippen LogP contribution in [-0.2, 0) is 6.54 Å². The van der Waals surface area contributed by atoms with E-state index in [0.717, 1.165) is 4.57 Å². The van der Waals surface area contributed by atoms with Crippen molar-refractivity contribution in [1.29, 1.82) is 0 Å². The highest BCUT2D eigenvalue weighted by Gasteiger charge is 2.67. The smallest absolute Gasteiger partial charge is 0.328 e. The number of nitrogens with one attached hydrogen (secondary N) is 1. The lowest BCUT2D eigenvalue weighted by Gasteiger charge is -2.04. The summed E-state index contributed by atoms with van der Waals surface area (Å²) in [7, 11) is 0. The number of aliphatic hydroxyl groups is 1. The van der Waals surface area contributed by atoms with Gasteiger partial charge < -0.3 is 5.11 Å². The van der Waals surface area contributed by atoms with E-state index in [1.54, 1.807) is 0 Å². The second-order valence-corrected chi connectivity index (χ2v) is 4.98. The molecular weight excluding hydrogens is 258 g/mol. The molecule has 0 radical (unpaired) electrons. The fourth-order valence-corrected chi connectivity index (χ4v) is 2.38. The third-order valence-corrected chi connectivity index (χ3v) is 3.62. The first kappa shape index (κ1) is 13.9. The number of aryl methyl sites for hydroxylation is 1. The molecule has 0 aromatic carbocycles. The Balaban J connectivity index is 2.13. The average molecular weight is 274 g/mol. The van der Waals surface area contributed by atoms with Gasteiger partial charge in [0.15, 0.2) is 0 Å². The number of aromatic nitrogens is 2. The van der Waals surface area contributed by atoms with Gasteiger partial charge in [0.2, 0.25) is 0 Å². The number of hydrogen-bond donors (Lipinski definition) is 2. The van der Waals surface area contributed by atoms with Crippen LogP contribution in [0.5, 0.6) is 0 Å². The van der Waals surface area contributed by atoms with Crippen molar-refractivity contribution in [3.63, 3.8) is 0 Å². The lowest BCUT2D eigenvalue weighted by atomic mass is 10.2. The maximum absolute atomic E-state index is 13.5. The van der Waals surface area contributed by atoms with Gasteiger partial charge in [0, 0.05) is 36.7 Å². The highest BCUT2D eigenvalue weighted by Crippen LogP contribution is 2.58. The maximum atomic E-state index is 13.5. The summed E-state index contributed by atoms with van der Waals surface area (Å²) in [5.41, 5.74) is -0.852. The van der Waals surface area contributed by atoms with Crippen molar-refractivity contribution in [2.75, 3.05) is 6.61 Å². The van der Waals surface area contributed by atoms with Gasteiger partial charge >= 0.3 is 5.69 Å². The standard InChI is InChI=1S/C12H16F2N2O3/c1-7-5-16(11(19)15-10(7)18)6-9-8(3-2-4-17)12(9,13)14/h5,8-9,17H,2-4,6H2,1H3,(H,15,18,19)/t8-,9+/m0/s1. The van der Waals surface area contributed by atoms with E-state index in [1.165, 1.54) is 13.1 Å². The molecule has 0 unspecified atom stereocenters. The van der Waals surface area contributed by atoms with E-state index >= 15 is 0 Å². The van der Waals surface area contributed by atoms with Crippen LogP contribution in [0.2, 0.25) is 0 Å². The first-order valence-electron chi connectivity index (χ1n) is 6.17. The quantitative estimate of drug-likeness (QED) is 0.821. The minimum Gasteiger partial charge on any atom is -0.396 e. The van der Waals surface area contributed by atoms with Crippen molar-refractivity contribution >= 4 is 0 Å². The summed E-state index contributed by atoms with van der Waals surface area (Å²) in [5, 5.41) is 8.66. The summed E-state index contributed by atoms with van der Waals surface area (Å²) < 4.78 is 28.1. The molecule has 19 heavy (non-hydrogen) atoms. The Morgan fingerprint density at radius 2 is 2.11 bits per heavy atom. The minimum absolute atomic E-state index is 0.112. The van der Waals surface area contributed by atoms with Crippen LogP contribution in [0.3, 0.4) is 0 Å². The number of rotatable bonds is 5. The summed E-state index contributed by atoms with van der Waals surface area (Å²) in [6, 6.07) is 0. The molecule has 1 heterocycles. The zero-order valence-corrected chi connectivity index (χ0v) is 10.5. The van der Waals surface area contributed by atoms with Crippen LogP contribution in [0, 0.1) is 18.8 Å². The first-order chi connectivity index (χ1) is 8.87. The Kier molecular flexibility index (Phi) is 3.58. The summed E-state index contributed by atoms with van der Waals surface area (Å²) in [6.45, 7) is 1.29. The molecule has 1 aliphatic rings. The van der Waals surface area contributed by atoms with Gasteiger partial charge in [-0.3, -0.25) is 14.3 Å². The lowest BCUT2D eigenvalue weighted by molar-refractivity contribution is 0.0787. The molecule has 2 rings (SSSR count). The number of aromatic amines is 1. The summed E-state index contributed by atoms with van der Waals surface area (Å²) in [6.07, 6.45) is 1.88. The van der Waals surface area contributed by atoms with E-state index in [9.17, 15) is 18.4 Å². The molecule has 1 aromatic rings. The molecule has 1 aliphatic carbocycles. The largest absolute Gasteiger partial charge is 0.396 e. The van der Waals surface area contributed by atoms with Gasteiger partial charge in [0.05, 0.1) is 0 Å². The van der Waals surface area contributed by atoms with Crippen molar-refractivity contribution in [3.05, 3.63) is 32.6 Å². The number of hydrogen-bond acceptors (Lipinski definition) is 3. The van der Waals surface area contributed by atoms with E-state index in [-0.39, 0.29) is 19.6 Å². The van der Waals surface area contributed by atoms with Gasteiger partial charge in [0.1, 0.15) is 0 Å². The molecule has 7 heteroatoms. The highest BCUT2D eigenvalue weighted by molar-refractivity contribution is 5.07. The molecule has 1 saturated carbocycles. The average Bonchev–Trinajstić information content (AvgIpc) is 2.84. The van der Waals surface area contributed by atoms with Crippen LogP contribution in [-0.4, -0.2) is 27.2 Å². The Hall–Kier alpha value is -1.50. The maximum Gasteiger partial charge on any atom is 0.328 e. The SMILES string of the molecule is Cc1cn(C[C@@H]2[C@H](CCCO)C2(F)F)c(=O)[nH]c1=O. The van der Waals surface area contributed by atoms with E-state index < -0.39 is 29.0 Å². The second-order valence-electron chi connectivity index (χ2n) is 4.98. The van der Waals surface area contributed by atoms with Crippen LogP contribution in [0.4, 0.5) is 8.78 Å². The molecule has 0 bridgehead atoms. The number of aliphatic hydroxyl groups excluding tert-OH is 1. The third-order valence-electron chi connectivity index (χ3n) is 3.62. The van der Waals surface area contributed by atoms with Crippen molar-refractivity contribution < 1.29 is 13.9 Å². The van der Waals surface area contributed by atoms with Crippen LogP contribution >= 0.6 is 0 Å². The molecule has 0 amide bonds. The molecule has 2 atom stereocenters. The normalized spacial score (nSPS) is 24.4. The first-order valence-corrected chi connectivity index (χ1v) is 6.17. The molecule has 1 aromatic heterocycles. The molecule has 2 N–H and O–H groups in total. The fourth-order valence-electron chi connectivity index (χ4n) is 2.38. The number of nitrogens with zero attached hydrogens (tertiary/aromatic N) is 1. The molecular formula is C12H16F2N2O3. The van der Waals surface area contributed by atoms with E-state index in [4.69, 9.17) is 5.11 Å². The number of H-pyrrole nitrogens is 1. The molecule has 0 aliphatic heterocycles. The minimum atomic E-state index is -2.79. The van der Waals surface area contributed by atoms with Crippen molar-refractivity contribution in [1.82, 2.24) is 9.55 Å². The highest BCUT2D eigenvalue weighted by atomic mass is 19.3. The topological polar surface area (TPSA) is 75.1 Å². The Morgan fingerprint density at radius 3 is 2.74 bits per heavy atom. The summed E-state index contributed by atoms with van der Waals surface area (Å²) >= 11 is 0. The van der Waals surface area contributed by atoms with Gasteiger partial charge in [-0.2, -0.15) is 0 Å². The fraction of sp³-hybridized carbons (Fsp3) is 0.667. The van der Waals surface area contributed by atoms with Gasteiger partial charge in [-0.25, -0.2) is 13.6 Å². The second kappa shape index (κ2) is 4.88. The number of alkyl halides is 2. The van der Waals surface area contributed by atoms with Crippen LogP contribution in [0.15, 0.2) is 15.8 Å². The predicted molar refractivity (Wildman–Crippen MR) is 64.3 cm³/mol. The molecule has 0 saturated heterocycles. The third kappa shape index (κ3) is 2.60.